The SMILES string of the molecule is Cc1ccc(C[NH+](C)CC(=O)N[C@H](C)c2ccc(Cl)cc2)cc1. The number of amides is 1. The Balaban J connectivity index is 1.83. The molecule has 0 spiro atoms. The van der Waals surface area contributed by atoms with Gasteiger partial charge in [-0.15, -0.1) is 0 Å². The quantitative estimate of drug-likeness (QED) is 0.838. The fraction of sp³-hybridized carbons (Fsp3) is 0.316. The van der Waals surface area contributed by atoms with Crippen LogP contribution in [0.25, 0.3) is 0 Å². The molecule has 0 aliphatic heterocycles. The number of carbonyl (C=O) groups is 1. The van der Waals surface area contributed by atoms with Crippen molar-refractivity contribution in [3.63, 3.8) is 0 Å². The van der Waals surface area contributed by atoms with E-state index in [4.69, 9.17) is 11.6 Å². The van der Waals surface area contributed by atoms with Crippen LogP contribution in [0.5, 0.6) is 0 Å². The average molecular weight is 332 g/mol. The maximum atomic E-state index is 12.2. The van der Waals surface area contributed by atoms with Gasteiger partial charge in [0.1, 0.15) is 6.54 Å². The number of aryl methyl sites for hydroxylation is 1. The number of quaternary nitrogens is 1. The Kier molecular flexibility index (Phi) is 6.20. The summed E-state index contributed by atoms with van der Waals surface area (Å²) in [5, 5.41) is 3.74. The number of benzene rings is 2. The standard InChI is InChI=1S/C19H23ClN2O/c1-14-4-6-16(7-5-14)12-22(3)13-19(23)21-15(2)17-8-10-18(20)11-9-17/h4-11,15H,12-13H2,1-3H3,(H,21,23)/p+1/t15-/m1/s1. The van der Waals surface area contributed by atoms with Crippen LogP contribution >= 0.6 is 11.6 Å². The van der Waals surface area contributed by atoms with Crippen LogP contribution in [0, 0.1) is 6.92 Å². The predicted molar refractivity (Wildman–Crippen MR) is 94.6 cm³/mol. The molecule has 3 nitrogen and oxygen atoms in total. The monoisotopic (exact) mass is 331 g/mol. The predicted octanol–water partition coefficient (Wildman–Crippen LogP) is 2.54. The minimum Gasteiger partial charge on any atom is -0.345 e. The van der Waals surface area contributed by atoms with Crippen LogP contribution in [-0.4, -0.2) is 19.5 Å². The molecule has 122 valence electrons. The molecule has 0 aromatic heterocycles. The molecule has 2 aromatic carbocycles. The number of hydrogen-bond donors (Lipinski definition) is 2. The lowest BCUT2D eigenvalue weighted by molar-refractivity contribution is -0.885. The second-order valence-corrected chi connectivity index (χ2v) is 6.57. The van der Waals surface area contributed by atoms with E-state index in [1.807, 2.05) is 38.2 Å². The van der Waals surface area contributed by atoms with Gasteiger partial charge in [0.15, 0.2) is 6.54 Å². The summed E-state index contributed by atoms with van der Waals surface area (Å²) < 4.78 is 0. The number of carbonyl (C=O) groups excluding carboxylic acids is 1. The van der Waals surface area contributed by atoms with Gasteiger partial charge in [-0.3, -0.25) is 4.79 Å². The van der Waals surface area contributed by atoms with Crippen molar-refractivity contribution < 1.29 is 9.69 Å². The van der Waals surface area contributed by atoms with Crippen molar-refractivity contribution in [3.8, 4) is 0 Å². The minimum atomic E-state index is -0.0214. The van der Waals surface area contributed by atoms with Gasteiger partial charge in [0, 0.05) is 10.6 Å². The van der Waals surface area contributed by atoms with Gasteiger partial charge in [0.25, 0.3) is 5.91 Å². The number of hydrogen-bond acceptors (Lipinski definition) is 1. The maximum absolute atomic E-state index is 12.2. The van der Waals surface area contributed by atoms with Gasteiger partial charge in [-0.1, -0.05) is 53.6 Å². The lowest BCUT2D eigenvalue weighted by atomic mass is 10.1. The summed E-state index contributed by atoms with van der Waals surface area (Å²) in [5.41, 5.74) is 3.55. The zero-order valence-corrected chi connectivity index (χ0v) is 14.7. The Morgan fingerprint density at radius 2 is 1.74 bits per heavy atom. The molecule has 0 bridgehead atoms. The highest BCUT2D eigenvalue weighted by atomic mass is 35.5. The van der Waals surface area contributed by atoms with E-state index in [9.17, 15) is 4.79 Å². The first kappa shape index (κ1) is 17.5. The molecule has 0 aliphatic carbocycles. The summed E-state index contributed by atoms with van der Waals surface area (Å²) in [6, 6.07) is 16.0. The topological polar surface area (TPSA) is 33.5 Å². The van der Waals surface area contributed by atoms with Gasteiger partial charge in [0.05, 0.1) is 13.1 Å². The van der Waals surface area contributed by atoms with Crippen LogP contribution in [0.1, 0.15) is 29.7 Å². The van der Waals surface area contributed by atoms with Gasteiger partial charge in [-0.05, 0) is 31.5 Å². The summed E-state index contributed by atoms with van der Waals surface area (Å²) >= 11 is 5.89. The largest absolute Gasteiger partial charge is 0.345 e. The molecular weight excluding hydrogens is 308 g/mol. The van der Waals surface area contributed by atoms with Crippen molar-refractivity contribution >= 4 is 17.5 Å². The molecule has 2 aromatic rings. The van der Waals surface area contributed by atoms with Crippen molar-refractivity contribution in [3.05, 3.63) is 70.2 Å². The molecule has 0 heterocycles. The molecule has 0 saturated carbocycles. The van der Waals surface area contributed by atoms with E-state index in [0.717, 1.165) is 17.0 Å². The number of likely N-dealkylation sites (N-methyl/N-ethyl adjacent to an activating group) is 1. The molecule has 0 saturated heterocycles. The lowest BCUT2D eigenvalue weighted by Gasteiger charge is -2.17. The van der Waals surface area contributed by atoms with Gasteiger partial charge in [-0.2, -0.15) is 0 Å². The van der Waals surface area contributed by atoms with Crippen molar-refractivity contribution in [2.45, 2.75) is 26.4 Å². The highest BCUT2D eigenvalue weighted by Crippen LogP contribution is 2.15. The molecule has 2 N–H and O–H groups in total. The van der Waals surface area contributed by atoms with E-state index in [0.29, 0.717) is 11.6 Å². The first-order valence-corrected chi connectivity index (χ1v) is 8.23. The van der Waals surface area contributed by atoms with Gasteiger partial charge < -0.3 is 10.2 Å². The Morgan fingerprint density at radius 1 is 1.13 bits per heavy atom. The second-order valence-electron chi connectivity index (χ2n) is 6.14. The summed E-state index contributed by atoms with van der Waals surface area (Å²) in [6.45, 7) is 5.34. The number of rotatable bonds is 6. The molecule has 2 atom stereocenters. The third-order valence-electron chi connectivity index (χ3n) is 3.84. The van der Waals surface area contributed by atoms with Crippen LogP contribution in [-0.2, 0) is 11.3 Å². The van der Waals surface area contributed by atoms with Crippen molar-refractivity contribution in [2.75, 3.05) is 13.6 Å². The van der Waals surface area contributed by atoms with E-state index < -0.39 is 0 Å². The van der Waals surface area contributed by atoms with Crippen LogP contribution in [0.15, 0.2) is 48.5 Å². The van der Waals surface area contributed by atoms with E-state index in [-0.39, 0.29) is 11.9 Å². The molecule has 0 aliphatic rings. The van der Waals surface area contributed by atoms with Crippen LogP contribution in [0.2, 0.25) is 5.02 Å². The van der Waals surface area contributed by atoms with Gasteiger partial charge in [0.2, 0.25) is 0 Å². The number of halogens is 1. The van der Waals surface area contributed by atoms with Gasteiger partial charge in [-0.25, -0.2) is 0 Å². The highest BCUT2D eigenvalue weighted by Gasteiger charge is 2.14. The Bertz CT molecular complexity index is 637. The normalized spacial score (nSPS) is 13.4. The number of nitrogens with one attached hydrogen (secondary N) is 2. The smallest absolute Gasteiger partial charge is 0.275 e. The molecule has 23 heavy (non-hydrogen) atoms. The molecule has 1 unspecified atom stereocenters. The Morgan fingerprint density at radius 3 is 2.35 bits per heavy atom. The zero-order chi connectivity index (χ0) is 16.8. The Labute approximate surface area is 143 Å². The molecule has 0 fully saturated rings. The van der Waals surface area contributed by atoms with Crippen molar-refractivity contribution in [2.24, 2.45) is 0 Å². The molecule has 2 rings (SSSR count). The van der Waals surface area contributed by atoms with E-state index in [1.165, 1.54) is 11.1 Å². The third-order valence-corrected chi connectivity index (χ3v) is 4.09. The fourth-order valence-electron chi connectivity index (χ4n) is 2.52. The first-order chi connectivity index (χ1) is 10.9. The Hall–Kier alpha value is -1.84. The van der Waals surface area contributed by atoms with Crippen molar-refractivity contribution in [1.29, 1.82) is 0 Å². The third kappa shape index (κ3) is 5.70. The average Bonchev–Trinajstić information content (AvgIpc) is 2.50. The fourth-order valence-corrected chi connectivity index (χ4v) is 2.64. The summed E-state index contributed by atoms with van der Waals surface area (Å²) in [4.78, 5) is 13.4. The molecule has 1 amide bonds. The minimum absolute atomic E-state index is 0.0214. The van der Waals surface area contributed by atoms with E-state index in [2.05, 4.69) is 36.5 Å². The summed E-state index contributed by atoms with van der Waals surface area (Å²) in [7, 11) is 2.03. The van der Waals surface area contributed by atoms with E-state index in [1.54, 1.807) is 0 Å². The maximum Gasteiger partial charge on any atom is 0.275 e. The van der Waals surface area contributed by atoms with E-state index >= 15 is 0 Å². The van der Waals surface area contributed by atoms with Crippen molar-refractivity contribution in [1.82, 2.24) is 5.32 Å². The van der Waals surface area contributed by atoms with Crippen LogP contribution < -0.4 is 10.2 Å². The van der Waals surface area contributed by atoms with Crippen LogP contribution in [0.3, 0.4) is 0 Å². The molecular formula is C19H24ClN2O+. The zero-order valence-electron chi connectivity index (χ0n) is 13.9. The first-order valence-electron chi connectivity index (χ1n) is 7.85. The lowest BCUT2D eigenvalue weighted by Crippen LogP contribution is -3.08. The molecule has 0 radical (unpaired) electrons. The molecule has 4 heteroatoms. The summed E-state index contributed by atoms with van der Waals surface area (Å²) in [6.07, 6.45) is 0. The highest BCUT2D eigenvalue weighted by molar-refractivity contribution is 6.30. The second kappa shape index (κ2) is 8.14. The van der Waals surface area contributed by atoms with Gasteiger partial charge >= 0.3 is 0 Å². The van der Waals surface area contributed by atoms with Crippen LogP contribution in [0.4, 0.5) is 0 Å². The summed E-state index contributed by atoms with van der Waals surface area (Å²) in [5.74, 6) is 0.0528.